The Balaban J connectivity index is 0.00000385. The van der Waals surface area contributed by atoms with Crippen LogP contribution in [-0.2, 0) is 19.1 Å². The highest BCUT2D eigenvalue weighted by atomic mass is 35.5. The Hall–Kier alpha value is -6.81. The summed E-state index contributed by atoms with van der Waals surface area (Å²) in [6.07, 6.45) is 4.64. The van der Waals surface area contributed by atoms with Crippen molar-refractivity contribution >= 4 is 48.8 Å². The summed E-state index contributed by atoms with van der Waals surface area (Å²) in [5.74, 6) is 11.4. The zero-order valence-corrected chi connectivity index (χ0v) is 37.3. The number of aromatic nitrogens is 4. The van der Waals surface area contributed by atoms with Gasteiger partial charge in [-0.05, 0) is 78.5 Å². The second-order valence-corrected chi connectivity index (χ2v) is 15.3. The third kappa shape index (κ3) is 10.9. The lowest BCUT2D eigenvalue weighted by Crippen LogP contribution is -2.51. The number of hydrogen-bond donors (Lipinski definition) is 4. The molecule has 2 fully saturated rings. The first kappa shape index (κ1) is 48.2. The van der Waals surface area contributed by atoms with E-state index in [9.17, 15) is 19.2 Å². The van der Waals surface area contributed by atoms with Crippen molar-refractivity contribution in [3.8, 4) is 46.1 Å². The number of aromatic amines is 2. The first-order valence-electron chi connectivity index (χ1n) is 20.4. The molecular formula is C47H49Cl2FN8O6. The van der Waals surface area contributed by atoms with Crippen LogP contribution in [0.5, 0.6) is 0 Å². The third-order valence-corrected chi connectivity index (χ3v) is 11.0. The third-order valence-electron chi connectivity index (χ3n) is 11.0. The number of H-pyrrole nitrogens is 2. The Morgan fingerprint density at radius 1 is 0.750 bits per heavy atom. The minimum atomic E-state index is -0.942. The van der Waals surface area contributed by atoms with Crippen LogP contribution in [0.15, 0.2) is 85.2 Å². The highest BCUT2D eigenvalue weighted by molar-refractivity contribution is 5.88. The lowest BCUT2D eigenvalue weighted by Gasteiger charge is -2.30. The van der Waals surface area contributed by atoms with Crippen molar-refractivity contribution in [2.45, 2.75) is 63.7 Å². The molecule has 4 N–H and O–H groups in total. The zero-order chi connectivity index (χ0) is 43.8. The number of carbonyl (C=O) groups is 4. The molecule has 4 heterocycles. The molecule has 7 rings (SSSR count). The molecule has 0 saturated carbocycles. The first-order valence-corrected chi connectivity index (χ1v) is 20.4. The van der Waals surface area contributed by atoms with Crippen LogP contribution in [0.1, 0.15) is 86.1 Å². The number of imidazole rings is 2. The fraction of sp³-hybridized carbons (Fsp3) is 0.319. The maximum atomic E-state index is 16.2. The summed E-state index contributed by atoms with van der Waals surface area (Å²) in [6.45, 7) is 4.70. The summed E-state index contributed by atoms with van der Waals surface area (Å²) in [5.41, 5.74) is 3.68. The van der Waals surface area contributed by atoms with Crippen molar-refractivity contribution in [2.75, 3.05) is 27.3 Å². The van der Waals surface area contributed by atoms with Crippen molar-refractivity contribution in [1.82, 2.24) is 40.4 Å². The highest BCUT2D eigenvalue weighted by Crippen LogP contribution is 2.36. The predicted molar refractivity (Wildman–Crippen MR) is 243 cm³/mol. The van der Waals surface area contributed by atoms with Crippen LogP contribution in [0.4, 0.5) is 14.0 Å². The number of benzene rings is 3. The van der Waals surface area contributed by atoms with Crippen LogP contribution in [0.2, 0.25) is 0 Å². The number of hydrogen-bond acceptors (Lipinski definition) is 8. The summed E-state index contributed by atoms with van der Waals surface area (Å²) in [4.78, 5) is 70.9. The van der Waals surface area contributed by atoms with E-state index in [1.165, 1.54) is 20.3 Å². The van der Waals surface area contributed by atoms with Crippen molar-refractivity contribution < 1.29 is 33.0 Å². The maximum Gasteiger partial charge on any atom is 0.407 e. The summed E-state index contributed by atoms with van der Waals surface area (Å²) in [7, 11) is 2.51. The fourth-order valence-electron chi connectivity index (χ4n) is 7.93. The minimum Gasteiger partial charge on any atom is -0.453 e. The number of rotatable bonds is 10. The summed E-state index contributed by atoms with van der Waals surface area (Å²) < 4.78 is 25.7. The molecule has 2 aliphatic rings. The van der Waals surface area contributed by atoms with Crippen LogP contribution in [0.3, 0.4) is 0 Å². The second-order valence-electron chi connectivity index (χ2n) is 15.3. The topological polar surface area (TPSA) is 175 Å². The van der Waals surface area contributed by atoms with Crippen molar-refractivity contribution in [1.29, 1.82) is 0 Å². The molecule has 17 heteroatoms. The lowest BCUT2D eigenvalue weighted by atomic mass is 9.96. The predicted octanol–water partition coefficient (Wildman–Crippen LogP) is 7.66. The number of halogens is 3. The Labute approximate surface area is 383 Å². The molecule has 14 nitrogen and oxygen atoms in total. The van der Waals surface area contributed by atoms with E-state index in [2.05, 4.69) is 54.3 Å². The van der Waals surface area contributed by atoms with Gasteiger partial charge in [-0.3, -0.25) is 9.59 Å². The van der Waals surface area contributed by atoms with E-state index in [0.29, 0.717) is 65.7 Å². The Morgan fingerprint density at radius 2 is 1.33 bits per heavy atom. The molecule has 3 aromatic carbocycles. The number of alkyl carbamates (subject to hydrolysis) is 2. The van der Waals surface area contributed by atoms with Gasteiger partial charge in [0.15, 0.2) is 0 Å². The van der Waals surface area contributed by atoms with Gasteiger partial charge in [-0.2, -0.15) is 0 Å². The Kier molecular flexibility index (Phi) is 16.6. The monoisotopic (exact) mass is 910 g/mol. The average Bonchev–Trinajstić information content (AvgIpc) is 4.14. The van der Waals surface area contributed by atoms with Gasteiger partial charge < -0.3 is 39.9 Å². The van der Waals surface area contributed by atoms with E-state index in [0.717, 1.165) is 18.4 Å². The van der Waals surface area contributed by atoms with Gasteiger partial charge in [0.2, 0.25) is 5.91 Å². The van der Waals surface area contributed by atoms with Crippen molar-refractivity contribution in [3.63, 3.8) is 0 Å². The average molecular weight is 912 g/mol. The molecule has 2 saturated heterocycles. The smallest absolute Gasteiger partial charge is 0.407 e. The lowest BCUT2D eigenvalue weighted by molar-refractivity contribution is -0.135. The molecule has 0 bridgehead atoms. The summed E-state index contributed by atoms with van der Waals surface area (Å²) >= 11 is 0. The highest BCUT2D eigenvalue weighted by Gasteiger charge is 2.39. The number of carbonyl (C=O) groups excluding carboxylic acids is 4. The molecule has 2 aromatic heterocycles. The number of nitrogens with one attached hydrogen (secondary N) is 4. The van der Waals surface area contributed by atoms with Gasteiger partial charge in [0.05, 0.1) is 50.0 Å². The van der Waals surface area contributed by atoms with Gasteiger partial charge in [0.25, 0.3) is 5.91 Å². The van der Waals surface area contributed by atoms with Gasteiger partial charge in [0.1, 0.15) is 35.2 Å². The van der Waals surface area contributed by atoms with Crippen LogP contribution in [0.25, 0.3) is 22.4 Å². The zero-order valence-electron chi connectivity index (χ0n) is 35.6. The second kappa shape index (κ2) is 22.0. The van der Waals surface area contributed by atoms with Crippen LogP contribution < -0.4 is 10.6 Å². The summed E-state index contributed by atoms with van der Waals surface area (Å²) in [6, 6.07) is 19.1. The van der Waals surface area contributed by atoms with Crippen LogP contribution in [-0.4, -0.2) is 87.1 Å². The number of ether oxygens (including phenoxy) is 2. The maximum absolute atomic E-state index is 16.2. The van der Waals surface area contributed by atoms with Crippen LogP contribution in [0, 0.1) is 35.4 Å². The molecule has 2 aliphatic heterocycles. The largest absolute Gasteiger partial charge is 0.453 e. The van der Waals surface area contributed by atoms with Crippen molar-refractivity contribution in [2.24, 2.45) is 5.92 Å². The number of likely N-dealkylation sites (tertiary alicyclic amines) is 2. The van der Waals surface area contributed by atoms with Gasteiger partial charge >= 0.3 is 12.2 Å². The molecule has 0 spiro atoms. The first-order chi connectivity index (χ1) is 30.1. The van der Waals surface area contributed by atoms with Gasteiger partial charge in [-0.1, -0.05) is 74.5 Å². The Bertz CT molecular complexity index is 2560. The van der Waals surface area contributed by atoms with E-state index in [-0.39, 0.29) is 60.2 Å². The molecular weight excluding hydrogens is 862 g/mol. The van der Waals surface area contributed by atoms with E-state index >= 15 is 4.39 Å². The molecule has 0 radical (unpaired) electrons. The van der Waals surface area contributed by atoms with Gasteiger partial charge in [-0.15, -0.1) is 24.8 Å². The van der Waals surface area contributed by atoms with Crippen molar-refractivity contribution in [3.05, 3.63) is 119 Å². The summed E-state index contributed by atoms with van der Waals surface area (Å²) in [5, 5.41) is 5.33. The fourth-order valence-corrected chi connectivity index (χ4v) is 7.93. The molecule has 4 amide bonds. The van der Waals surface area contributed by atoms with Gasteiger partial charge in [-0.25, -0.2) is 23.9 Å². The van der Waals surface area contributed by atoms with E-state index in [1.54, 1.807) is 46.5 Å². The van der Waals surface area contributed by atoms with E-state index in [4.69, 9.17) is 9.47 Å². The Morgan fingerprint density at radius 3 is 1.97 bits per heavy atom. The number of methoxy groups -OCH3 is 2. The molecule has 4 atom stereocenters. The SMILES string of the molecule is COC(=O)NC(C(=O)N1CCCC1c1ncc(C#CC#Cc2c(F)cc(-c3cnc(C4CCCN4C(=O)C(NC(=O)OC)C(C)C)[nH]3)cc2-c2ccccc2)[nH]1)c1ccccc1.Cl.Cl. The molecule has 334 valence electrons. The normalized spacial score (nSPS) is 16.2. The standard InChI is InChI=1S/C47H47FN8O6.2ClH/c1-29(2)40(53-46(59)61-3)44(57)55-23-14-22-39(55)43-50-28-37(52-43)32-25-35(30-15-7-5-8-16-30)34(36(48)26-32)20-12-11-19-33-27-49-42(51-33)38-21-13-24-56(38)45(58)41(54-47(60)62-4)31-17-9-6-10-18-31;;/h5-10,15-18,25-29,38-41H,13-14,21-24H2,1-4H3,(H,49,51)(H,50,52)(H,53,59)(H,54,60);2*1H. The number of amides is 4. The molecule has 64 heavy (non-hydrogen) atoms. The minimum absolute atomic E-state index is 0. The molecule has 0 aliphatic carbocycles. The quantitative estimate of drug-likeness (QED) is 0.103. The van der Waals surface area contributed by atoms with E-state index in [1.807, 2.05) is 56.3 Å². The number of nitrogens with zero attached hydrogens (tertiary/aromatic N) is 4. The van der Waals surface area contributed by atoms with E-state index < -0.39 is 30.1 Å². The molecule has 5 aromatic rings. The van der Waals surface area contributed by atoms with Gasteiger partial charge in [0, 0.05) is 24.2 Å². The molecule has 4 unspecified atom stereocenters. The van der Waals surface area contributed by atoms with Crippen LogP contribution >= 0.6 is 24.8 Å².